The number of piperidine rings is 1. The fourth-order valence-corrected chi connectivity index (χ4v) is 4.17. The van der Waals surface area contributed by atoms with E-state index in [0.717, 1.165) is 31.6 Å². The Labute approximate surface area is 148 Å². The smallest absolute Gasteiger partial charge is 0.274 e. The highest BCUT2D eigenvalue weighted by molar-refractivity contribution is 8.00. The average molecular weight is 343 g/mol. The highest BCUT2D eigenvalue weighted by atomic mass is 32.2. The van der Waals surface area contributed by atoms with E-state index in [0.29, 0.717) is 16.9 Å². The second kappa shape index (κ2) is 7.43. The zero-order valence-electron chi connectivity index (χ0n) is 14.6. The SMILES string of the molecule is Cc1ccccc1SC1CCN(C(=O)c2cc(C(C)C)[nH]n2)CC1. The number of carbonyl (C=O) groups excluding carboxylic acids is 1. The van der Waals surface area contributed by atoms with Crippen LogP contribution in [-0.4, -0.2) is 39.3 Å². The van der Waals surface area contributed by atoms with Gasteiger partial charge in [-0.2, -0.15) is 5.10 Å². The van der Waals surface area contributed by atoms with Crippen molar-refractivity contribution < 1.29 is 4.79 Å². The van der Waals surface area contributed by atoms with Crippen molar-refractivity contribution in [3.05, 3.63) is 47.3 Å². The third kappa shape index (κ3) is 3.83. The van der Waals surface area contributed by atoms with Crippen LogP contribution in [0.4, 0.5) is 0 Å². The van der Waals surface area contributed by atoms with Crippen molar-refractivity contribution in [2.75, 3.05) is 13.1 Å². The zero-order valence-corrected chi connectivity index (χ0v) is 15.4. The highest BCUT2D eigenvalue weighted by Crippen LogP contribution is 2.32. The molecule has 1 amide bonds. The number of carbonyl (C=O) groups is 1. The van der Waals surface area contributed by atoms with Crippen LogP contribution in [0.25, 0.3) is 0 Å². The Bertz CT molecular complexity index is 702. The number of hydrogen-bond donors (Lipinski definition) is 1. The van der Waals surface area contributed by atoms with Gasteiger partial charge in [0.05, 0.1) is 0 Å². The van der Waals surface area contributed by atoms with Gasteiger partial charge in [0, 0.05) is 28.9 Å². The monoisotopic (exact) mass is 343 g/mol. The summed E-state index contributed by atoms with van der Waals surface area (Å²) in [6.07, 6.45) is 2.07. The van der Waals surface area contributed by atoms with Crippen molar-refractivity contribution in [1.82, 2.24) is 15.1 Å². The van der Waals surface area contributed by atoms with E-state index in [-0.39, 0.29) is 5.91 Å². The topological polar surface area (TPSA) is 49.0 Å². The van der Waals surface area contributed by atoms with Gasteiger partial charge in [-0.15, -0.1) is 11.8 Å². The van der Waals surface area contributed by atoms with Gasteiger partial charge in [0.1, 0.15) is 5.69 Å². The molecule has 128 valence electrons. The van der Waals surface area contributed by atoms with Crippen molar-refractivity contribution in [2.24, 2.45) is 0 Å². The minimum atomic E-state index is 0.0532. The first-order valence-corrected chi connectivity index (χ1v) is 9.49. The Kier molecular flexibility index (Phi) is 5.29. The van der Waals surface area contributed by atoms with Crippen LogP contribution in [0.2, 0.25) is 0 Å². The van der Waals surface area contributed by atoms with E-state index in [1.165, 1.54) is 10.5 Å². The Balaban J connectivity index is 1.56. The second-order valence-electron chi connectivity index (χ2n) is 6.74. The lowest BCUT2D eigenvalue weighted by Gasteiger charge is -2.31. The summed E-state index contributed by atoms with van der Waals surface area (Å²) in [6.45, 7) is 7.97. The molecule has 5 heteroatoms. The van der Waals surface area contributed by atoms with Gasteiger partial charge in [-0.05, 0) is 43.4 Å². The van der Waals surface area contributed by atoms with Crippen LogP contribution in [0.1, 0.15) is 54.4 Å². The molecule has 1 fully saturated rings. The maximum absolute atomic E-state index is 12.6. The summed E-state index contributed by atoms with van der Waals surface area (Å²) >= 11 is 1.95. The molecule has 1 aliphatic heterocycles. The molecule has 4 nitrogen and oxygen atoms in total. The Hall–Kier alpha value is -1.75. The first kappa shape index (κ1) is 17.1. The van der Waals surface area contributed by atoms with E-state index in [4.69, 9.17) is 0 Å². The summed E-state index contributed by atoms with van der Waals surface area (Å²) < 4.78 is 0. The van der Waals surface area contributed by atoms with Crippen LogP contribution in [0.15, 0.2) is 35.2 Å². The molecule has 24 heavy (non-hydrogen) atoms. The molecular formula is C19H25N3OS. The van der Waals surface area contributed by atoms with Crippen LogP contribution in [0.3, 0.4) is 0 Å². The molecule has 3 rings (SSSR count). The summed E-state index contributed by atoms with van der Waals surface area (Å²) in [4.78, 5) is 15.9. The molecule has 0 spiro atoms. The lowest BCUT2D eigenvalue weighted by atomic mass is 10.1. The fourth-order valence-electron chi connectivity index (χ4n) is 2.95. The van der Waals surface area contributed by atoms with Gasteiger partial charge in [0.2, 0.25) is 0 Å². The number of rotatable bonds is 4. The molecule has 2 heterocycles. The maximum atomic E-state index is 12.6. The first-order valence-electron chi connectivity index (χ1n) is 8.61. The number of hydrogen-bond acceptors (Lipinski definition) is 3. The minimum absolute atomic E-state index is 0.0532. The van der Waals surface area contributed by atoms with Gasteiger partial charge in [0.15, 0.2) is 0 Å². The van der Waals surface area contributed by atoms with Crippen LogP contribution in [0.5, 0.6) is 0 Å². The third-order valence-electron chi connectivity index (χ3n) is 4.56. The third-order valence-corrected chi connectivity index (χ3v) is 6.07. The minimum Gasteiger partial charge on any atom is -0.337 e. The number of aromatic amines is 1. The summed E-state index contributed by atoms with van der Waals surface area (Å²) in [5, 5.41) is 7.74. The molecule has 0 aliphatic carbocycles. The van der Waals surface area contributed by atoms with Crippen molar-refractivity contribution in [2.45, 2.75) is 49.7 Å². The number of H-pyrrole nitrogens is 1. The van der Waals surface area contributed by atoms with Gasteiger partial charge < -0.3 is 4.90 Å². The molecule has 1 aromatic heterocycles. The van der Waals surface area contributed by atoms with Crippen LogP contribution in [0, 0.1) is 6.92 Å². The van der Waals surface area contributed by atoms with Gasteiger partial charge in [-0.1, -0.05) is 32.0 Å². The summed E-state index contributed by atoms with van der Waals surface area (Å²) in [5.41, 5.74) is 2.89. The van der Waals surface area contributed by atoms with Gasteiger partial charge >= 0.3 is 0 Å². The standard InChI is InChI=1S/C19H25N3OS/c1-13(2)16-12-17(21-20-16)19(23)22-10-8-15(9-11-22)24-18-7-5-4-6-14(18)3/h4-7,12-13,15H,8-11H2,1-3H3,(H,20,21). The maximum Gasteiger partial charge on any atom is 0.274 e. The zero-order chi connectivity index (χ0) is 17.1. The molecule has 0 saturated carbocycles. The Morgan fingerprint density at radius 1 is 1.29 bits per heavy atom. The number of benzene rings is 1. The van der Waals surface area contributed by atoms with E-state index in [2.05, 4.69) is 55.2 Å². The number of aryl methyl sites for hydroxylation is 1. The molecule has 1 aliphatic rings. The average Bonchev–Trinajstić information content (AvgIpc) is 3.07. The molecule has 1 aromatic carbocycles. The number of aromatic nitrogens is 2. The van der Waals surface area contributed by atoms with Crippen LogP contribution >= 0.6 is 11.8 Å². The second-order valence-corrected chi connectivity index (χ2v) is 8.08. The van der Waals surface area contributed by atoms with E-state index in [1.54, 1.807) is 0 Å². The lowest BCUT2D eigenvalue weighted by Crippen LogP contribution is -2.39. The lowest BCUT2D eigenvalue weighted by molar-refractivity contribution is 0.0721. The van der Waals surface area contributed by atoms with E-state index >= 15 is 0 Å². The van der Waals surface area contributed by atoms with E-state index in [1.807, 2.05) is 22.7 Å². The highest BCUT2D eigenvalue weighted by Gasteiger charge is 2.26. The molecular weight excluding hydrogens is 318 g/mol. The largest absolute Gasteiger partial charge is 0.337 e. The van der Waals surface area contributed by atoms with Gasteiger partial charge in [-0.3, -0.25) is 9.89 Å². The summed E-state index contributed by atoms with van der Waals surface area (Å²) in [6, 6.07) is 10.4. The van der Waals surface area contributed by atoms with E-state index < -0.39 is 0 Å². The molecule has 0 radical (unpaired) electrons. The van der Waals surface area contributed by atoms with E-state index in [9.17, 15) is 4.79 Å². The molecule has 0 bridgehead atoms. The number of thioether (sulfide) groups is 1. The summed E-state index contributed by atoms with van der Waals surface area (Å²) in [5.74, 6) is 0.410. The molecule has 1 N–H and O–H groups in total. The first-order chi connectivity index (χ1) is 11.5. The van der Waals surface area contributed by atoms with Crippen molar-refractivity contribution in [3.63, 3.8) is 0 Å². The number of likely N-dealkylation sites (tertiary alicyclic amines) is 1. The summed E-state index contributed by atoms with van der Waals surface area (Å²) in [7, 11) is 0. The molecule has 0 atom stereocenters. The normalized spacial score (nSPS) is 15.9. The van der Waals surface area contributed by atoms with Crippen molar-refractivity contribution in [3.8, 4) is 0 Å². The predicted octanol–water partition coefficient (Wildman–Crippen LogP) is 4.24. The number of amides is 1. The molecule has 0 unspecified atom stereocenters. The molecule has 2 aromatic rings. The predicted molar refractivity (Wildman–Crippen MR) is 98.6 cm³/mol. The van der Waals surface area contributed by atoms with Crippen LogP contribution < -0.4 is 0 Å². The van der Waals surface area contributed by atoms with Crippen LogP contribution in [-0.2, 0) is 0 Å². The van der Waals surface area contributed by atoms with Gasteiger partial charge in [0.25, 0.3) is 5.91 Å². The van der Waals surface area contributed by atoms with Crippen molar-refractivity contribution >= 4 is 17.7 Å². The Morgan fingerprint density at radius 3 is 2.62 bits per heavy atom. The number of nitrogens with one attached hydrogen (secondary N) is 1. The molecule has 1 saturated heterocycles. The quantitative estimate of drug-likeness (QED) is 0.903. The van der Waals surface area contributed by atoms with Gasteiger partial charge in [-0.25, -0.2) is 0 Å². The van der Waals surface area contributed by atoms with Crippen molar-refractivity contribution in [1.29, 1.82) is 0 Å². The number of nitrogens with zero attached hydrogens (tertiary/aromatic N) is 2. The fraction of sp³-hybridized carbons (Fsp3) is 0.474. The Morgan fingerprint density at radius 2 is 2.00 bits per heavy atom.